The maximum atomic E-state index is 12.5. The van der Waals surface area contributed by atoms with Crippen LogP contribution in [0.15, 0.2) is 42.7 Å². The fourth-order valence-electron chi connectivity index (χ4n) is 3.04. The minimum Gasteiger partial charge on any atom is -0.351 e. The summed E-state index contributed by atoms with van der Waals surface area (Å²) < 4.78 is 2.03. The molecule has 4 heteroatoms. The molecule has 24 heavy (non-hydrogen) atoms. The number of nitrogens with one attached hydrogen (secondary N) is 1. The smallest absolute Gasteiger partial charge is 0.251 e. The fraction of sp³-hybridized carbons (Fsp3) is 0.450. The minimum atomic E-state index is -0.0177. The number of aromatic nitrogens is 1. The van der Waals surface area contributed by atoms with Crippen LogP contribution in [-0.4, -0.2) is 40.5 Å². The number of benzene rings is 1. The molecule has 1 N–H and O–H groups in total. The van der Waals surface area contributed by atoms with E-state index < -0.39 is 0 Å². The van der Waals surface area contributed by atoms with Crippen LogP contribution in [0.1, 0.15) is 43.6 Å². The molecule has 0 atom stereocenters. The van der Waals surface area contributed by atoms with E-state index in [1.54, 1.807) is 0 Å². The number of rotatable bonds is 7. The lowest BCUT2D eigenvalue weighted by Crippen LogP contribution is -2.42. The standard InChI is InChI=1S/C20H29N3O/c1-15(2)23(16(3)4)13-10-21-20(24)18-9-8-17(5)19(14-18)22-11-6-7-12-22/h6-9,11-12,14-16H,10,13H2,1-5H3,(H,21,24). The van der Waals surface area contributed by atoms with Crippen molar-refractivity contribution in [3.8, 4) is 5.69 Å². The van der Waals surface area contributed by atoms with E-state index in [4.69, 9.17) is 0 Å². The van der Waals surface area contributed by atoms with E-state index in [9.17, 15) is 4.79 Å². The number of hydrogen-bond acceptors (Lipinski definition) is 2. The Balaban J connectivity index is 2.02. The summed E-state index contributed by atoms with van der Waals surface area (Å²) in [6.07, 6.45) is 3.99. The third-order valence-electron chi connectivity index (χ3n) is 4.34. The molecule has 2 aromatic rings. The summed E-state index contributed by atoms with van der Waals surface area (Å²) >= 11 is 0. The Labute approximate surface area is 145 Å². The van der Waals surface area contributed by atoms with Crippen molar-refractivity contribution in [2.24, 2.45) is 0 Å². The molecule has 1 amide bonds. The molecule has 0 aliphatic heterocycles. The van der Waals surface area contributed by atoms with Crippen molar-refractivity contribution in [1.82, 2.24) is 14.8 Å². The lowest BCUT2D eigenvalue weighted by molar-refractivity contribution is 0.0939. The van der Waals surface area contributed by atoms with Crippen LogP contribution in [0.25, 0.3) is 5.69 Å². The van der Waals surface area contributed by atoms with Crippen molar-refractivity contribution in [1.29, 1.82) is 0 Å². The Kier molecular flexibility index (Phi) is 6.21. The lowest BCUT2D eigenvalue weighted by Gasteiger charge is -2.30. The number of carbonyl (C=O) groups excluding carboxylic acids is 1. The van der Waals surface area contributed by atoms with E-state index in [-0.39, 0.29) is 5.91 Å². The van der Waals surface area contributed by atoms with Gasteiger partial charge in [-0.2, -0.15) is 0 Å². The Hall–Kier alpha value is -2.07. The molecule has 0 saturated heterocycles. The van der Waals surface area contributed by atoms with Crippen LogP contribution in [-0.2, 0) is 0 Å². The van der Waals surface area contributed by atoms with Gasteiger partial charge in [0.15, 0.2) is 0 Å². The third kappa shape index (κ3) is 4.48. The fourth-order valence-corrected chi connectivity index (χ4v) is 3.04. The Bertz CT molecular complexity index is 652. The highest BCUT2D eigenvalue weighted by molar-refractivity contribution is 5.94. The van der Waals surface area contributed by atoms with Crippen LogP contribution in [0.3, 0.4) is 0 Å². The zero-order valence-corrected chi connectivity index (χ0v) is 15.4. The maximum absolute atomic E-state index is 12.5. The molecule has 0 radical (unpaired) electrons. The number of hydrogen-bond donors (Lipinski definition) is 1. The maximum Gasteiger partial charge on any atom is 0.251 e. The molecule has 0 aliphatic carbocycles. The lowest BCUT2D eigenvalue weighted by atomic mass is 10.1. The van der Waals surface area contributed by atoms with Crippen molar-refractivity contribution in [2.75, 3.05) is 13.1 Å². The van der Waals surface area contributed by atoms with Gasteiger partial charge in [0.1, 0.15) is 0 Å². The highest BCUT2D eigenvalue weighted by Gasteiger charge is 2.14. The molecule has 0 fully saturated rings. The summed E-state index contributed by atoms with van der Waals surface area (Å²) in [5.74, 6) is -0.0177. The van der Waals surface area contributed by atoms with E-state index in [2.05, 4.69) is 44.8 Å². The predicted molar refractivity (Wildman–Crippen MR) is 99.8 cm³/mol. The van der Waals surface area contributed by atoms with Gasteiger partial charge in [0.25, 0.3) is 5.91 Å². The Morgan fingerprint density at radius 3 is 2.33 bits per heavy atom. The summed E-state index contributed by atoms with van der Waals surface area (Å²) in [5, 5.41) is 3.04. The topological polar surface area (TPSA) is 37.3 Å². The second kappa shape index (κ2) is 8.15. The highest BCUT2D eigenvalue weighted by atomic mass is 16.1. The van der Waals surface area contributed by atoms with Gasteiger partial charge < -0.3 is 9.88 Å². The van der Waals surface area contributed by atoms with Crippen LogP contribution in [0, 0.1) is 6.92 Å². The van der Waals surface area contributed by atoms with E-state index in [1.807, 2.05) is 47.3 Å². The van der Waals surface area contributed by atoms with Gasteiger partial charge in [-0.1, -0.05) is 6.07 Å². The SMILES string of the molecule is Cc1ccc(C(=O)NCCN(C(C)C)C(C)C)cc1-n1cccc1. The quantitative estimate of drug-likeness (QED) is 0.843. The van der Waals surface area contributed by atoms with Gasteiger partial charge in [-0.25, -0.2) is 0 Å². The minimum absolute atomic E-state index is 0.0177. The second-order valence-electron chi connectivity index (χ2n) is 6.77. The largest absolute Gasteiger partial charge is 0.351 e. The number of nitrogens with zero attached hydrogens (tertiary/aromatic N) is 2. The first kappa shape index (κ1) is 18.3. The van der Waals surface area contributed by atoms with Gasteiger partial charge in [-0.15, -0.1) is 0 Å². The first-order chi connectivity index (χ1) is 11.4. The summed E-state index contributed by atoms with van der Waals surface area (Å²) in [6.45, 7) is 12.3. The molecule has 0 saturated carbocycles. The van der Waals surface area contributed by atoms with Gasteiger partial charge in [0.2, 0.25) is 0 Å². The van der Waals surface area contributed by atoms with Crippen LogP contribution in [0.5, 0.6) is 0 Å². The van der Waals surface area contributed by atoms with Crippen molar-refractivity contribution >= 4 is 5.91 Å². The van der Waals surface area contributed by atoms with Gasteiger partial charge in [-0.05, 0) is 64.4 Å². The summed E-state index contributed by atoms with van der Waals surface area (Å²) in [6, 6.07) is 10.8. The van der Waals surface area contributed by atoms with Gasteiger partial charge in [0, 0.05) is 48.8 Å². The van der Waals surface area contributed by atoms with Crippen LogP contribution in [0.2, 0.25) is 0 Å². The molecule has 0 unspecified atom stereocenters. The molecule has 0 aliphatic rings. The first-order valence-electron chi connectivity index (χ1n) is 8.68. The van der Waals surface area contributed by atoms with Crippen molar-refractivity contribution in [3.63, 3.8) is 0 Å². The monoisotopic (exact) mass is 327 g/mol. The molecule has 130 valence electrons. The number of aryl methyl sites for hydroxylation is 1. The highest BCUT2D eigenvalue weighted by Crippen LogP contribution is 2.16. The average molecular weight is 327 g/mol. The normalized spacial score (nSPS) is 11.5. The predicted octanol–water partition coefficient (Wildman–Crippen LogP) is 3.63. The first-order valence-corrected chi connectivity index (χ1v) is 8.68. The van der Waals surface area contributed by atoms with Gasteiger partial charge in [-0.3, -0.25) is 9.69 Å². The van der Waals surface area contributed by atoms with E-state index >= 15 is 0 Å². The zero-order valence-electron chi connectivity index (χ0n) is 15.4. The molecule has 2 rings (SSSR count). The third-order valence-corrected chi connectivity index (χ3v) is 4.34. The summed E-state index contributed by atoms with van der Waals surface area (Å²) in [7, 11) is 0. The van der Waals surface area contributed by atoms with E-state index in [1.165, 1.54) is 0 Å². The second-order valence-corrected chi connectivity index (χ2v) is 6.77. The van der Waals surface area contributed by atoms with E-state index in [0.717, 1.165) is 17.8 Å². The number of amides is 1. The molecule has 0 bridgehead atoms. The molecule has 0 spiro atoms. The van der Waals surface area contributed by atoms with Gasteiger partial charge >= 0.3 is 0 Å². The zero-order chi connectivity index (χ0) is 17.7. The molecule has 1 aromatic carbocycles. The Morgan fingerprint density at radius 2 is 1.75 bits per heavy atom. The number of carbonyl (C=O) groups is 1. The molecule has 4 nitrogen and oxygen atoms in total. The average Bonchev–Trinajstić information content (AvgIpc) is 3.05. The van der Waals surface area contributed by atoms with Gasteiger partial charge in [0.05, 0.1) is 0 Å². The molecule has 1 heterocycles. The van der Waals surface area contributed by atoms with Crippen LogP contribution in [0.4, 0.5) is 0 Å². The molecular weight excluding hydrogens is 298 g/mol. The van der Waals surface area contributed by atoms with Crippen LogP contribution < -0.4 is 5.32 Å². The molecular formula is C20H29N3O. The summed E-state index contributed by atoms with van der Waals surface area (Å²) in [4.78, 5) is 14.8. The van der Waals surface area contributed by atoms with Crippen LogP contribution >= 0.6 is 0 Å². The van der Waals surface area contributed by atoms with Crippen molar-refractivity contribution in [3.05, 3.63) is 53.9 Å². The molecule has 1 aromatic heterocycles. The summed E-state index contributed by atoms with van der Waals surface area (Å²) in [5.41, 5.74) is 2.89. The Morgan fingerprint density at radius 1 is 1.12 bits per heavy atom. The van der Waals surface area contributed by atoms with Crippen molar-refractivity contribution < 1.29 is 4.79 Å². The van der Waals surface area contributed by atoms with Crippen molar-refractivity contribution in [2.45, 2.75) is 46.7 Å². The van der Waals surface area contributed by atoms with E-state index in [0.29, 0.717) is 24.2 Å².